The van der Waals surface area contributed by atoms with Gasteiger partial charge in [0.1, 0.15) is 17.4 Å². The van der Waals surface area contributed by atoms with E-state index in [4.69, 9.17) is 39.5 Å². The van der Waals surface area contributed by atoms with Crippen molar-refractivity contribution in [3.05, 3.63) is 111 Å². The molecule has 0 aliphatic carbocycles. The van der Waals surface area contributed by atoms with Gasteiger partial charge >= 0.3 is 0 Å². The Kier molecular flexibility index (Phi) is 7.00. The van der Waals surface area contributed by atoms with Gasteiger partial charge in [-0.1, -0.05) is 71.2 Å². The fraction of sp³-hybridized carbons (Fsp3) is 0.0833. The largest absolute Gasteiger partial charge is 0.489 e. The summed E-state index contributed by atoms with van der Waals surface area (Å²) in [6.07, 6.45) is 1.65. The SMILES string of the molecule is O=C(Nc1nn(Cc2ccccc2Cl)cc1Cl)c1cccc(COc2cccc(Cl)c2)c1. The molecule has 5 nitrogen and oxygen atoms in total. The topological polar surface area (TPSA) is 56.2 Å². The summed E-state index contributed by atoms with van der Waals surface area (Å²) in [4.78, 5) is 12.8. The second-order valence-electron chi connectivity index (χ2n) is 7.02. The highest BCUT2D eigenvalue weighted by atomic mass is 35.5. The molecule has 1 N–H and O–H groups in total. The number of halogens is 3. The van der Waals surface area contributed by atoms with Gasteiger partial charge in [-0.15, -0.1) is 0 Å². The van der Waals surface area contributed by atoms with Crippen LogP contribution in [0.5, 0.6) is 5.75 Å². The second kappa shape index (κ2) is 10.1. The molecule has 3 aromatic carbocycles. The molecule has 0 saturated carbocycles. The molecule has 1 amide bonds. The van der Waals surface area contributed by atoms with Gasteiger partial charge in [-0.25, -0.2) is 0 Å². The number of nitrogens with one attached hydrogen (secondary N) is 1. The third-order valence-electron chi connectivity index (χ3n) is 4.63. The van der Waals surface area contributed by atoms with E-state index in [9.17, 15) is 4.79 Å². The van der Waals surface area contributed by atoms with Crippen LogP contribution < -0.4 is 10.1 Å². The van der Waals surface area contributed by atoms with Crippen LogP contribution in [0.15, 0.2) is 79.0 Å². The van der Waals surface area contributed by atoms with Crippen molar-refractivity contribution in [2.24, 2.45) is 0 Å². The standard InChI is InChI=1S/C24H18Cl3N3O2/c25-19-8-4-9-20(12-19)32-15-16-5-3-7-17(11-16)24(31)28-23-22(27)14-30(29-23)13-18-6-1-2-10-21(18)26/h1-12,14H,13,15H2,(H,28,29,31). The van der Waals surface area contributed by atoms with E-state index < -0.39 is 0 Å². The first-order valence-electron chi connectivity index (χ1n) is 9.73. The summed E-state index contributed by atoms with van der Waals surface area (Å²) in [5.41, 5.74) is 2.21. The normalized spacial score (nSPS) is 10.7. The quantitative estimate of drug-likeness (QED) is 0.315. The van der Waals surface area contributed by atoms with E-state index in [0.29, 0.717) is 39.5 Å². The van der Waals surface area contributed by atoms with Crippen molar-refractivity contribution in [3.63, 3.8) is 0 Å². The predicted molar refractivity (Wildman–Crippen MR) is 128 cm³/mol. The van der Waals surface area contributed by atoms with Crippen LogP contribution in [-0.2, 0) is 13.2 Å². The first kappa shape index (κ1) is 22.2. The molecule has 1 aromatic heterocycles. The highest BCUT2D eigenvalue weighted by molar-refractivity contribution is 6.33. The third-order valence-corrected chi connectivity index (χ3v) is 5.51. The summed E-state index contributed by atoms with van der Waals surface area (Å²) in [7, 11) is 0. The van der Waals surface area contributed by atoms with Gasteiger partial charge < -0.3 is 10.1 Å². The summed E-state index contributed by atoms with van der Waals surface area (Å²) >= 11 is 18.5. The van der Waals surface area contributed by atoms with Crippen LogP contribution >= 0.6 is 34.8 Å². The van der Waals surface area contributed by atoms with Crippen molar-refractivity contribution in [3.8, 4) is 5.75 Å². The lowest BCUT2D eigenvalue weighted by atomic mass is 10.1. The van der Waals surface area contributed by atoms with Gasteiger partial charge in [0, 0.05) is 21.8 Å². The molecule has 162 valence electrons. The van der Waals surface area contributed by atoms with E-state index in [1.165, 1.54) is 0 Å². The number of hydrogen-bond acceptors (Lipinski definition) is 3. The fourth-order valence-corrected chi connectivity index (χ4v) is 3.64. The zero-order valence-electron chi connectivity index (χ0n) is 16.8. The minimum absolute atomic E-state index is 0.282. The van der Waals surface area contributed by atoms with Gasteiger partial charge in [0.25, 0.3) is 5.91 Å². The van der Waals surface area contributed by atoms with E-state index >= 15 is 0 Å². The average molecular weight is 487 g/mol. The van der Waals surface area contributed by atoms with E-state index in [-0.39, 0.29) is 11.7 Å². The molecule has 0 atom stereocenters. The van der Waals surface area contributed by atoms with Gasteiger partial charge in [0.2, 0.25) is 0 Å². The van der Waals surface area contributed by atoms with Crippen LogP contribution in [0.25, 0.3) is 0 Å². The molecule has 0 aliphatic heterocycles. The van der Waals surface area contributed by atoms with E-state index in [1.54, 1.807) is 41.2 Å². The lowest BCUT2D eigenvalue weighted by molar-refractivity contribution is 0.102. The number of nitrogens with zero attached hydrogens (tertiary/aromatic N) is 2. The van der Waals surface area contributed by atoms with Gasteiger partial charge in [-0.05, 0) is 47.5 Å². The lowest BCUT2D eigenvalue weighted by Gasteiger charge is -2.08. The van der Waals surface area contributed by atoms with Crippen molar-refractivity contribution in [2.45, 2.75) is 13.2 Å². The number of benzene rings is 3. The number of hydrogen-bond donors (Lipinski definition) is 1. The summed E-state index contributed by atoms with van der Waals surface area (Å²) < 4.78 is 7.38. The molecule has 0 spiro atoms. The van der Waals surface area contributed by atoms with Crippen molar-refractivity contribution >= 4 is 46.5 Å². The number of anilines is 1. The van der Waals surface area contributed by atoms with Crippen molar-refractivity contribution in [1.29, 1.82) is 0 Å². The molecule has 0 aliphatic rings. The predicted octanol–water partition coefficient (Wildman–Crippen LogP) is 6.72. The lowest BCUT2D eigenvalue weighted by Crippen LogP contribution is -2.13. The molecule has 0 unspecified atom stereocenters. The molecule has 4 aromatic rings. The number of rotatable bonds is 7. The molecule has 0 radical (unpaired) electrons. The second-order valence-corrected chi connectivity index (χ2v) is 8.27. The Hall–Kier alpha value is -2.99. The Morgan fingerprint density at radius 2 is 1.75 bits per heavy atom. The van der Waals surface area contributed by atoms with Crippen LogP contribution in [0.3, 0.4) is 0 Å². The molecule has 1 heterocycles. The first-order valence-corrected chi connectivity index (χ1v) is 10.9. The number of ether oxygens (including phenoxy) is 1. The van der Waals surface area contributed by atoms with Crippen LogP contribution in [0, 0.1) is 0 Å². The third kappa shape index (κ3) is 5.62. The van der Waals surface area contributed by atoms with Crippen molar-refractivity contribution in [1.82, 2.24) is 9.78 Å². The highest BCUT2D eigenvalue weighted by Gasteiger charge is 2.14. The van der Waals surface area contributed by atoms with Crippen LogP contribution in [0.4, 0.5) is 5.82 Å². The Morgan fingerprint density at radius 3 is 2.56 bits per heavy atom. The Labute approximate surface area is 200 Å². The maximum absolute atomic E-state index is 12.8. The van der Waals surface area contributed by atoms with Crippen LogP contribution in [0.1, 0.15) is 21.5 Å². The molecule has 0 saturated heterocycles. The number of amides is 1. The molecule has 32 heavy (non-hydrogen) atoms. The van der Waals surface area contributed by atoms with E-state index in [2.05, 4.69) is 10.4 Å². The Bertz CT molecular complexity index is 1260. The zero-order chi connectivity index (χ0) is 22.5. The Balaban J connectivity index is 1.42. The van der Waals surface area contributed by atoms with E-state index in [0.717, 1.165) is 11.1 Å². The van der Waals surface area contributed by atoms with Gasteiger partial charge in [0.05, 0.1) is 6.54 Å². The van der Waals surface area contributed by atoms with Gasteiger partial charge in [-0.3, -0.25) is 9.48 Å². The first-order chi connectivity index (χ1) is 15.5. The molecule has 0 fully saturated rings. The monoisotopic (exact) mass is 485 g/mol. The van der Waals surface area contributed by atoms with Crippen LogP contribution in [0.2, 0.25) is 15.1 Å². The smallest absolute Gasteiger partial charge is 0.256 e. The Morgan fingerprint density at radius 1 is 0.938 bits per heavy atom. The fourth-order valence-electron chi connectivity index (χ4n) is 3.07. The van der Waals surface area contributed by atoms with Gasteiger partial charge in [0.15, 0.2) is 5.82 Å². The highest BCUT2D eigenvalue weighted by Crippen LogP contribution is 2.23. The van der Waals surface area contributed by atoms with Crippen LogP contribution in [-0.4, -0.2) is 15.7 Å². The number of aromatic nitrogens is 2. The zero-order valence-corrected chi connectivity index (χ0v) is 19.0. The molecule has 0 bridgehead atoms. The maximum Gasteiger partial charge on any atom is 0.256 e. The molecule has 4 rings (SSSR count). The number of carbonyl (C=O) groups excluding carboxylic acids is 1. The summed E-state index contributed by atoms with van der Waals surface area (Å²) in [6, 6.07) is 21.8. The minimum Gasteiger partial charge on any atom is -0.489 e. The molecular formula is C24H18Cl3N3O2. The molecule has 8 heteroatoms. The molecular weight excluding hydrogens is 469 g/mol. The minimum atomic E-state index is -0.320. The summed E-state index contributed by atoms with van der Waals surface area (Å²) in [6.45, 7) is 0.736. The number of carbonyl (C=O) groups is 1. The van der Waals surface area contributed by atoms with Crippen molar-refractivity contribution < 1.29 is 9.53 Å². The average Bonchev–Trinajstić information content (AvgIpc) is 3.12. The summed E-state index contributed by atoms with van der Waals surface area (Å²) in [5.74, 6) is 0.618. The maximum atomic E-state index is 12.8. The van der Waals surface area contributed by atoms with Gasteiger partial charge in [-0.2, -0.15) is 5.10 Å². The summed E-state index contributed by atoms with van der Waals surface area (Å²) in [5, 5.41) is 8.71. The van der Waals surface area contributed by atoms with Crippen molar-refractivity contribution in [2.75, 3.05) is 5.32 Å². The van der Waals surface area contributed by atoms with E-state index in [1.807, 2.05) is 42.5 Å².